The molecule has 35 heavy (non-hydrogen) atoms. The van der Waals surface area contributed by atoms with E-state index >= 15 is 0 Å². The Morgan fingerprint density at radius 3 is 2.49 bits per heavy atom. The van der Waals surface area contributed by atoms with Crippen molar-refractivity contribution in [1.29, 1.82) is 0 Å². The summed E-state index contributed by atoms with van der Waals surface area (Å²) in [4.78, 5) is 40.3. The lowest BCUT2D eigenvalue weighted by molar-refractivity contribution is -0.132. The van der Waals surface area contributed by atoms with Crippen LogP contribution in [0.2, 0.25) is 0 Å². The number of aromatic amines is 1. The molecule has 0 bridgehead atoms. The van der Waals surface area contributed by atoms with Crippen LogP contribution in [0, 0.1) is 0 Å². The fraction of sp³-hybridized carbons (Fsp3) is 0.280. The molecule has 10 heteroatoms. The number of H-pyrrole nitrogens is 1. The summed E-state index contributed by atoms with van der Waals surface area (Å²) in [6, 6.07) is 13.8. The number of methoxy groups -OCH3 is 2. The number of benzene rings is 2. The molecule has 1 aliphatic rings. The topological polar surface area (TPSA) is 126 Å². The maximum atomic E-state index is 12.8. The van der Waals surface area contributed by atoms with E-state index in [1.54, 1.807) is 37.3 Å². The first-order chi connectivity index (χ1) is 16.9. The Morgan fingerprint density at radius 1 is 1.11 bits per heavy atom. The Balaban J connectivity index is 1.77. The largest absolute Gasteiger partial charge is 0.494 e. The number of nitrogens with one attached hydrogen (secondary N) is 1. The number of hydrogen-bond donors (Lipinski definition) is 2. The van der Waals surface area contributed by atoms with Gasteiger partial charge in [-0.25, -0.2) is 9.80 Å². The van der Waals surface area contributed by atoms with E-state index in [0.717, 1.165) is 15.7 Å². The second-order valence-corrected chi connectivity index (χ2v) is 8.00. The third-order valence-corrected chi connectivity index (χ3v) is 5.90. The van der Waals surface area contributed by atoms with Crippen LogP contribution in [0.15, 0.2) is 63.2 Å². The molecule has 2 heterocycles. The Bertz CT molecular complexity index is 1390. The van der Waals surface area contributed by atoms with Crippen LogP contribution >= 0.6 is 0 Å². The van der Waals surface area contributed by atoms with Gasteiger partial charge in [0.15, 0.2) is 11.5 Å². The van der Waals surface area contributed by atoms with E-state index in [0.29, 0.717) is 11.5 Å². The number of carbonyl (C=O) groups is 1. The van der Waals surface area contributed by atoms with Crippen molar-refractivity contribution in [3.05, 3.63) is 86.1 Å². The highest BCUT2D eigenvalue weighted by molar-refractivity contribution is 6.04. The quantitative estimate of drug-likeness (QED) is 0.537. The zero-order valence-corrected chi connectivity index (χ0v) is 19.6. The van der Waals surface area contributed by atoms with Crippen molar-refractivity contribution in [2.75, 3.05) is 14.2 Å². The van der Waals surface area contributed by atoms with Gasteiger partial charge in [0.05, 0.1) is 32.5 Å². The van der Waals surface area contributed by atoms with E-state index in [9.17, 15) is 19.5 Å². The molecule has 4 rings (SSSR count). The van der Waals surface area contributed by atoms with Gasteiger partial charge in [0, 0.05) is 12.8 Å². The molecule has 1 aliphatic heterocycles. The predicted molar refractivity (Wildman–Crippen MR) is 129 cm³/mol. The Kier molecular flexibility index (Phi) is 6.72. The molecular formula is C25H26N4O6. The third-order valence-electron chi connectivity index (χ3n) is 5.90. The van der Waals surface area contributed by atoms with E-state index < -0.39 is 23.2 Å². The average molecular weight is 479 g/mol. The van der Waals surface area contributed by atoms with E-state index in [-0.39, 0.29) is 36.6 Å². The van der Waals surface area contributed by atoms with Crippen LogP contribution in [0.5, 0.6) is 17.4 Å². The van der Waals surface area contributed by atoms with E-state index in [2.05, 4.69) is 10.1 Å². The standard InChI is InChI=1S/C25H26N4O6/c1-4-21(30)29-18(16-10-11-19(34-2)20(12-16)35-3)13-17(27-29)22-23(31)26-25(33)28(24(22)32)14-15-8-6-5-7-9-15/h5-12,18,32H,4,13-14H2,1-3H3,(H,26,31,33)/t18-/m0/s1. The normalized spacial score (nSPS) is 15.1. The number of hydrogen-bond acceptors (Lipinski definition) is 7. The molecular weight excluding hydrogens is 452 g/mol. The number of hydrazone groups is 1. The maximum Gasteiger partial charge on any atom is 0.331 e. The van der Waals surface area contributed by atoms with Gasteiger partial charge < -0.3 is 14.6 Å². The molecule has 1 amide bonds. The van der Waals surface area contributed by atoms with Gasteiger partial charge in [-0.1, -0.05) is 43.3 Å². The summed E-state index contributed by atoms with van der Waals surface area (Å²) in [7, 11) is 3.04. The van der Waals surface area contributed by atoms with Gasteiger partial charge in [-0.05, 0) is 23.3 Å². The molecule has 10 nitrogen and oxygen atoms in total. The minimum absolute atomic E-state index is 0.0548. The van der Waals surface area contributed by atoms with Crippen molar-refractivity contribution >= 4 is 11.6 Å². The van der Waals surface area contributed by atoms with E-state index in [4.69, 9.17) is 9.47 Å². The number of nitrogens with zero attached hydrogens (tertiary/aromatic N) is 3. The van der Waals surface area contributed by atoms with Crippen LogP contribution in [0.25, 0.3) is 0 Å². The number of ether oxygens (including phenoxy) is 2. The van der Waals surface area contributed by atoms with Crippen molar-refractivity contribution in [2.45, 2.75) is 32.4 Å². The van der Waals surface area contributed by atoms with E-state index in [1.807, 2.05) is 18.2 Å². The molecule has 0 spiro atoms. The van der Waals surface area contributed by atoms with Gasteiger partial charge in [-0.15, -0.1) is 0 Å². The number of carbonyl (C=O) groups excluding carboxylic acids is 1. The molecule has 1 atom stereocenters. The third kappa shape index (κ3) is 4.54. The number of amides is 1. The van der Waals surface area contributed by atoms with Gasteiger partial charge in [0.25, 0.3) is 5.56 Å². The second kappa shape index (κ2) is 9.88. The molecule has 2 N–H and O–H groups in total. The number of aromatic nitrogens is 2. The van der Waals surface area contributed by atoms with Crippen molar-refractivity contribution in [1.82, 2.24) is 14.6 Å². The number of rotatable bonds is 7. The first-order valence-corrected chi connectivity index (χ1v) is 11.1. The lowest BCUT2D eigenvalue weighted by atomic mass is 9.98. The van der Waals surface area contributed by atoms with Crippen LogP contribution in [0.4, 0.5) is 0 Å². The van der Waals surface area contributed by atoms with Crippen molar-refractivity contribution in [3.63, 3.8) is 0 Å². The molecule has 0 aliphatic carbocycles. The summed E-state index contributed by atoms with van der Waals surface area (Å²) in [6.45, 7) is 1.77. The Hall–Kier alpha value is -4.34. The van der Waals surface area contributed by atoms with Gasteiger partial charge in [-0.3, -0.25) is 19.1 Å². The van der Waals surface area contributed by atoms with Crippen LogP contribution in [0.1, 0.15) is 42.5 Å². The lowest BCUT2D eigenvalue weighted by Crippen LogP contribution is -2.34. The SMILES string of the molecule is CCC(=O)N1N=C(c2c(O)n(Cc3ccccc3)c(=O)[nH]c2=O)C[C@H]1c1ccc(OC)c(OC)c1. The molecule has 0 unspecified atom stereocenters. The summed E-state index contributed by atoms with van der Waals surface area (Å²) in [5.41, 5.74) is 0.0348. The molecule has 2 aromatic carbocycles. The smallest absolute Gasteiger partial charge is 0.331 e. The highest BCUT2D eigenvalue weighted by Gasteiger charge is 2.35. The molecule has 0 radical (unpaired) electrons. The van der Waals surface area contributed by atoms with Crippen molar-refractivity contribution in [3.8, 4) is 17.4 Å². The molecule has 0 fully saturated rings. The first kappa shape index (κ1) is 23.8. The van der Waals surface area contributed by atoms with Gasteiger partial charge in [0.2, 0.25) is 11.8 Å². The van der Waals surface area contributed by atoms with Gasteiger partial charge in [0.1, 0.15) is 5.56 Å². The summed E-state index contributed by atoms with van der Waals surface area (Å²) in [5.74, 6) is 0.261. The molecule has 0 saturated carbocycles. The Morgan fingerprint density at radius 2 is 1.83 bits per heavy atom. The monoisotopic (exact) mass is 478 g/mol. The van der Waals surface area contributed by atoms with Gasteiger partial charge >= 0.3 is 5.69 Å². The lowest BCUT2D eigenvalue weighted by Gasteiger charge is -2.22. The predicted octanol–water partition coefficient (Wildman–Crippen LogP) is 2.40. The van der Waals surface area contributed by atoms with Crippen LogP contribution in [0.3, 0.4) is 0 Å². The minimum atomic E-state index is -0.771. The maximum absolute atomic E-state index is 12.8. The zero-order chi connectivity index (χ0) is 25.1. The minimum Gasteiger partial charge on any atom is -0.494 e. The average Bonchev–Trinajstić information content (AvgIpc) is 3.31. The van der Waals surface area contributed by atoms with Crippen molar-refractivity contribution < 1.29 is 19.4 Å². The summed E-state index contributed by atoms with van der Waals surface area (Å²) in [6.07, 6.45) is 0.345. The molecule has 0 saturated heterocycles. The fourth-order valence-corrected chi connectivity index (χ4v) is 4.11. The molecule has 3 aromatic rings. The Labute approximate surface area is 201 Å². The van der Waals surface area contributed by atoms with Crippen LogP contribution < -0.4 is 20.7 Å². The summed E-state index contributed by atoms with van der Waals surface area (Å²) < 4.78 is 11.8. The van der Waals surface area contributed by atoms with Gasteiger partial charge in [-0.2, -0.15) is 5.10 Å². The number of aromatic hydroxyl groups is 1. The first-order valence-electron chi connectivity index (χ1n) is 11.1. The summed E-state index contributed by atoms with van der Waals surface area (Å²) >= 11 is 0. The second-order valence-electron chi connectivity index (χ2n) is 8.00. The van der Waals surface area contributed by atoms with Crippen LogP contribution in [-0.2, 0) is 11.3 Å². The highest BCUT2D eigenvalue weighted by Crippen LogP contribution is 2.38. The van der Waals surface area contributed by atoms with Crippen molar-refractivity contribution in [2.24, 2.45) is 5.10 Å². The zero-order valence-electron chi connectivity index (χ0n) is 19.6. The highest BCUT2D eigenvalue weighted by atomic mass is 16.5. The fourth-order valence-electron chi connectivity index (χ4n) is 4.11. The molecule has 1 aromatic heterocycles. The van der Waals surface area contributed by atoms with Crippen LogP contribution in [-0.4, -0.2) is 45.5 Å². The van der Waals surface area contributed by atoms with E-state index in [1.165, 1.54) is 19.2 Å². The molecule has 182 valence electrons. The summed E-state index contributed by atoms with van der Waals surface area (Å²) in [5, 5.41) is 16.7.